The van der Waals surface area contributed by atoms with Crippen LogP contribution in [0.2, 0.25) is 0 Å². The minimum atomic E-state index is -0.0695. The van der Waals surface area contributed by atoms with Crippen molar-refractivity contribution in [2.75, 3.05) is 17.6 Å². The molecule has 2 N–H and O–H groups in total. The van der Waals surface area contributed by atoms with E-state index in [1.54, 1.807) is 6.08 Å². The van der Waals surface area contributed by atoms with Gasteiger partial charge in [-0.25, -0.2) is 4.98 Å². The summed E-state index contributed by atoms with van der Waals surface area (Å²) in [4.78, 5) is 28.5. The van der Waals surface area contributed by atoms with Crippen LogP contribution < -0.4 is 10.6 Å². The van der Waals surface area contributed by atoms with E-state index in [0.29, 0.717) is 13.0 Å². The molecule has 0 aliphatic carbocycles. The molecular formula is C19H23N3O2S2. The van der Waals surface area contributed by atoms with Crippen molar-refractivity contribution >= 4 is 39.9 Å². The van der Waals surface area contributed by atoms with Crippen molar-refractivity contribution in [3.63, 3.8) is 0 Å². The Hall–Kier alpha value is -2.12. The standard InChI is InChI=1S/C19H23N3O2S2/c1-3-5-11-15(23)21-18-17(14-9-7-6-8-10-14)22-19(26-18)25-13-16(24)20-12-4-2/h4,6-10H,2-3,5,11-13H2,1H3,(H,20,24)(H,21,23). The predicted octanol–water partition coefficient (Wildman–Crippen LogP) is 4.33. The number of hydrogen-bond donors (Lipinski definition) is 2. The van der Waals surface area contributed by atoms with E-state index in [9.17, 15) is 9.59 Å². The van der Waals surface area contributed by atoms with Crippen LogP contribution in [0.25, 0.3) is 11.3 Å². The highest BCUT2D eigenvalue weighted by molar-refractivity contribution is 8.01. The van der Waals surface area contributed by atoms with Crippen LogP contribution in [0.15, 0.2) is 47.3 Å². The summed E-state index contributed by atoms with van der Waals surface area (Å²) in [5, 5.41) is 6.44. The van der Waals surface area contributed by atoms with Gasteiger partial charge in [0.1, 0.15) is 10.7 Å². The van der Waals surface area contributed by atoms with Crippen LogP contribution in [-0.2, 0) is 9.59 Å². The van der Waals surface area contributed by atoms with Gasteiger partial charge in [0.05, 0.1) is 5.75 Å². The molecule has 0 unspecified atom stereocenters. The number of aromatic nitrogens is 1. The minimum Gasteiger partial charge on any atom is -0.352 e. The number of amides is 2. The van der Waals surface area contributed by atoms with Crippen molar-refractivity contribution < 1.29 is 9.59 Å². The molecule has 26 heavy (non-hydrogen) atoms. The van der Waals surface area contributed by atoms with Gasteiger partial charge in [0.15, 0.2) is 4.34 Å². The summed E-state index contributed by atoms with van der Waals surface area (Å²) < 4.78 is 0.753. The first-order chi connectivity index (χ1) is 12.6. The van der Waals surface area contributed by atoms with Crippen molar-refractivity contribution in [1.82, 2.24) is 10.3 Å². The average molecular weight is 390 g/mol. The Morgan fingerprint density at radius 3 is 2.73 bits per heavy atom. The summed E-state index contributed by atoms with van der Waals surface area (Å²) in [5.41, 5.74) is 1.69. The number of nitrogens with zero attached hydrogens (tertiary/aromatic N) is 1. The summed E-state index contributed by atoms with van der Waals surface area (Å²) in [6, 6.07) is 9.73. The van der Waals surface area contributed by atoms with Crippen LogP contribution >= 0.6 is 23.1 Å². The highest BCUT2D eigenvalue weighted by atomic mass is 32.2. The molecule has 1 aromatic heterocycles. The Bertz CT molecular complexity index is 744. The first-order valence-electron chi connectivity index (χ1n) is 8.50. The minimum absolute atomic E-state index is 0.00652. The third kappa shape index (κ3) is 6.31. The number of nitrogens with one attached hydrogen (secondary N) is 2. The highest BCUT2D eigenvalue weighted by Crippen LogP contribution is 2.37. The smallest absolute Gasteiger partial charge is 0.230 e. The van der Waals surface area contributed by atoms with E-state index >= 15 is 0 Å². The fourth-order valence-electron chi connectivity index (χ4n) is 2.13. The van der Waals surface area contributed by atoms with E-state index in [0.717, 1.165) is 33.4 Å². The molecule has 5 nitrogen and oxygen atoms in total. The first kappa shape index (κ1) is 20.2. The van der Waals surface area contributed by atoms with Gasteiger partial charge in [0.2, 0.25) is 11.8 Å². The maximum atomic E-state index is 12.1. The molecule has 0 saturated heterocycles. The second-order valence-corrected chi connectivity index (χ2v) is 7.78. The summed E-state index contributed by atoms with van der Waals surface area (Å²) >= 11 is 2.77. The van der Waals surface area contributed by atoms with Gasteiger partial charge in [-0.3, -0.25) is 9.59 Å². The molecule has 0 bridgehead atoms. The molecule has 2 rings (SSSR count). The molecule has 1 heterocycles. The predicted molar refractivity (Wildman–Crippen MR) is 110 cm³/mol. The topological polar surface area (TPSA) is 71.1 Å². The van der Waals surface area contributed by atoms with E-state index in [4.69, 9.17) is 0 Å². The van der Waals surface area contributed by atoms with E-state index in [1.165, 1.54) is 23.1 Å². The maximum absolute atomic E-state index is 12.1. The van der Waals surface area contributed by atoms with Crippen molar-refractivity contribution in [1.29, 1.82) is 0 Å². The van der Waals surface area contributed by atoms with E-state index in [1.807, 2.05) is 30.3 Å². The molecular weight excluding hydrogens is 366 g/mol. The molecule has 0 saturated carbocycles. The molecule has 2 aromatic rings. The molecule has 0 aliphatic rings. The molecule has 138 valence electrons. The first-order valence-corrected chi connectivity index (χ1v) is 10.3. The van der Waals surface area contributed by atoms with Crippen molar-refractivity contribution in [2.45, 2.75) is 30.5 Å². The molecule has 0 fully saturated rings. The molecule has 7 heteroatoms. The fourth-order valence-corrected chi connectivity index (χ4v) is 4.04. The van der Waals surface area contributed by atoms with Gasteiger partial charge in [-0.05, 0) is 6.42 Å². The number of unbranched alkanes of at least 4 members (excludes halogenated alkanes) is 1. The number of thioether (sulfide) groups is 1. The Balaban J connectivity index is 2.13. The highest BCUT2D eigenvalue weighted by Gasteiger charge is 2.16. The number of benzene rings is 1. The van der Waals surface area contributed by atoms with Crippen LogP contribution in [0.1, 0.15) is 26.2 Å². The lowest BCUT2D eigenvalue weighted by atomic mass is 10.1. The van der Waals surface area contributed by atoms with E-state index < -0.39 is 0 Å². The van der Waals surface area contributed by atoms with Crippen LogP contribution in [-0.4, -0.2) is 29.1 Å². The number of anilines is 1. The molecule has 0 atom stereocenters. The van der Waals surface area contributed by atoms with Gasteiger partial charge < -0.3 is 10.6 Å². The SMILES string of the molecule is C=CCNC(=O)CSc1nc(-c2ccccc2)c(NC(=O)CCCC)s1. The quantitative estimate of drug-likeness (QED) is 0.469. The summed E-state index contributed by atoms with van der Waals surface area (Å²) in [5.74, 6) is 0.201. The van der Waals surface area contributed by atoms with E-state index in [2.05, 4.69) is 29.1 Å². The molecule has 1 aromatic carbocycles. The normalized spacial score (nSPS) is 10.3. The zero-order valence-corrected chi connectivity index (χ0v) is 16.4. The Morgan fingerprint density at radius 1 is 1.27 bits per heavy atom. The van der Waals surface area contributed by atoms with Crippen LogP contribution in [0.5, 0.6) is 0 Å². The number of hydrogen-bond acceptors (Lipinski definition) is 5. The monoisotopic (exact) mass is 389 g/mol. The Morgan fingerprint density at radius 2 is 2.04 bits per heavy atom. The Kier molecular flexibility index (Phi) is 8.37. The number of thiazole rings is 1. The van der Waals surface area contributed by atoms with Crippen molar-refractivity contribution in [3.05, 3.63) is 43.0 Å². The lowest BCUT2D eigenvalue weighted by Crippen LogP contribution is -2.24. The van der Waals surface area contributed by atoms with Gasteiger partial charge in [-0.2, -0.15) is 0 Å². The second-order valence-electron chi connectivity index (χ2n) is 5.56. The second kappa shape index (κ2) is 10.8. The van der Waals surface area contributed by atoms with Crippen molar-refractivity contribution in [3.8, 4) is 11.3 Å². The summed E-state index contributed by atoms with van der Waals surface area (Å²) in [6.45, 7) is 6.08. The van der Waals surface area contributed by atoms with Gasteiger partial charge in [0.25, 0.3) is 0 Å². The maximum Gasteiger partial charge on any atom is 0.230 e. The zero-order chi connectivity index (χ0) is 18.8. The lowest BCUT2D eigenvalue weighted by molar-refractivity contribution is -0.118. The van der Waals surface area contributed by atoms with E-state index in [-0.39, 0.29) is 17.6 Å². The van der Waals surface area contributed by atoms with Crippen LogP contribution in [0, 0.1) is 0 Å². The molecule has 0 aliphatic heterocycles. The van der Waals surface area contributed by atoms with Gasteiger partial charge in [0, 0.05) is 18.5 Å². The van der Waals surface area contributed by atoms with Gasteiger partial charge in [-0.1, -0.05) is 72.9 Å². The third-order valence-corrected chi connectivity index (χ3v) is 5.55. The van der Waals surface area contributed by atoms with Crippen LogP contribution in [0.4, 0.5) is 5.00 Å². The third-order valence-electron chi connectivity index (χ3n) is 3.44. The molecule has 0 radical (unpaired) electrons. The molecule has 0 spiro atoms. The largest absolute Gasteiger partial charge is 0.352 e. The lowest BCUT2D eigenvalue weighted by Gasteiger charge is -2.04. The zero-order valence-electron chi connectivity index (χ0n) is 14.8. The number of rotatable bonds is 10. The van der Waals surface area contributed by atoms with Crippen molar-refractivity contribution in [2.24, 2.45) is 0 Å². The fraction of sp³-hybridized carbons (Fsp3) is 0.316. The summed E-state index contributed by atoms with van der Waals surface area (Å²) in [6.07, 6.45) is 3.97. The van der Waals surface area contributed by atoms with Crippen LogP contribution in [0.3, 0.4) is 0 Å². The Labute approximate surface area is 162 Å². The van der Waals surface area contributed by atoms with Gasteiger partial charge in [-0.15, -0.1) is 6.58 Å². The van der Waals surface area contributed by atoms with Gasteiger partial charge >= 0.3 is 0 Å². The summed E-state index contributed by atoms with van der Waals surface area (Å²) in [7, 11) is 0. The molecule has 2 amide bonds. The number of carbonyl (C=O) groups is 2. The average Bonchev–Trinajstić information content (AvgIpc) is 3.06. The number of carbonyl (C=O) groups excluding carboxylic acids is 2.